The van der Waals surface area contributed by atoms with E-state index in [0.29, 0.717) is 5.56 Å². The lowest BCUT2D eigenvalue weighted by atomic mass is 9.96. The third kappa shape index (κ3) is 2.97. The molecule has 0 aliphatic rings. The van der Waals surface area contributed by atoms with Gasteiger partial charge in [-0.25, -0.2) is 14.2 Å². The molecule has 1 atom stereocenters. The van der Waals surface area contributed by atoms with E-state index in [1.165, 1.54) is 12.1 Å². The smallest absolute Gasteiger partial charge is 0.126 e. The summed E-state index contributed by atoms with van der Waals surface area (Å²) in [7, 11) is 0. The summed E-state index contributed by atoms with van der Waals surface area (Å²) in [5.41, 5.74) is 6.20. The quantitative estimate of drug-likeness (QED) is 0.658. The van der Waals surface area contributed by atoms with E-state index in [1.54, 1.807) is 0 Å². The Bertz CT molecular complexity index is 576. The van der Waals surface area contributed by atoms with E-state index in [9.17, 15) is 8.78 Å². The van der Waals surface area contributed by atoms with Crippen LogP contribution in [-0.4, -0.2) is 0 Å². The molecule has 3 N–H and O–H groups in total. The molecule has 4 heteroatoms. The molecule has 2 rings (SSSR count). The number of hydrazine groups is 1. The summed E-state index contributed by atoms with van der Waals surface area (Å²) >= 11 is 0. The number of nitrogens with one attached hydrogen (secondary N) is 1. The maximum absolute atomic E-state index is 13.3. The van der Waals surface area contributed by atoms with Crippen molar-refractivity contribution in [2.75, 3.05) is 0 Å². The van der Waals surface area contributed by atoms with Crippen molar-refractivity contribution in [3.05, 3.63) is 70.3 Å². The number of nitrogens with two attached hydrogens (primary N) is 1. The van der Waals surface area contributed by atoms with E-state index in [0.717, 1.165) is 22.8 Å². The summed E-state index contributed by atoms with van der Waals surface area (Å²) in [6.45, 7) is 3.99. The van der Waals surface area contributed by atoms with Crippen LogP contribution in [0.4, 0.5) is 8.78 Å². The normalized spacial score (nSPS) is 12.5. The van der Waals surface area contributed by atoms with Crippen molar-refractivity contribution >= 4 is 0 Å². The van der Waals surface area contributed by atoms with Crippen LogP contribution in [0.3, 0.4) is 0 Å². The van der Waals surface area contributed by atoms with Crippen molar-refractivity contribution in [3.63, 3.8) is 0 Å². The van der Waals surface area contributed by atoms with Gasteiger partial charge in [-0.05, 0) is 48.2 Å². The minimum absolute atomic E-state index is 0.440. The fraction of sp³-hybridized carbons (Fsp3) is 0.200. The van der Waals surface area contributed by atoms with Gasteiger partial charge in [0.25, 0.3) is 0 Å². The Morgan fingerprint density at radius 1 is 0.895 bits per heavy atom. The molecular weight excluding hydrogens is 246 g/mol. The van der Waals surface area contributed by atoms with Gasteiger partial charge in [0.1, 0.15) is 11.6 Å². The Morgan fingerprint density at radius 2 is 1.53 bits per heavy atom. The standard InChI is InChI=1S/C15H16F2N2/c1-9-3-4-11(5-10(9)2)15(19-18)12-6-13(16)8-14(17)7-12/h3-8,15,19H,18H2,1-2H3. The van der Waals surface area contributed by atoms with Crippen LogP contribution in [-0.2, 0) is 0 Å². The van der Waals surface area contributed by atoms with Crippen molar-refractivity contribution in [2.45, 2.75) is 19.9 Å². The van der Waals surface area contributed by atoms with Gasteiger partial charge >= 0.3 is 0 Å². The number of aryl methyl sites for hydroxylation is 2. The summed E-state index contributed by atoms with van der Waals surface area (Å²) in [6, 6.07) is 8.79. The third-order valence-corrected chi connectivity index (χ3v) is 3.25. The van der Waals surface area contributed by atoms with E-state index in [1.807, 2.05) is 32.0 Å². The molecule has 0 amide bonds. The molecule has 100 valence electrons. The molecule has 0 aromatic heterocycles. The number of benzene rings is 2. The van der Waals surface area contributed by atoms with Crippen LogP contribution in [0.1, 0.15) is 28.3 Å². The van der Waals surface area contributed by atoms with Crippen molar-refractivity contribution in [1.82, 2.24) is 5.43 Å². The van der Waals surface area contributed by atoms with Gasteiger partial charge in [0, 0.05) is 6.07 Å². The number of hydrogen-bond donors (Lipinski definition) is 2. The molecule has 2 nitrogen and oxygen atoms in total. The Labute approximate surface area is 111 Å². The average molecular weight is 262 g/mol. The zero-order valence-electron chi connectivity index (χ0n) is 10.9. The van der Waals surface area contributed by atoms with Crippen molar-refractivity contribution in [1.29, 1.82) is 0 Å². The molecule has 0 fully saturated rings. The SMILES string of the molecule is Cc1ccc(C(NN)c2cc(F)cc(F)c2)cc1C. The average Bonchev–Trinajstić information content (AvgIpc) is 2.33. The largest absolute Gasteiger partial charge is 0.271 e. The first kappa shape index (κ1) is 13.6. The Morgan fingerprint density at radius 3 is 2.05 bits per heavy atom. The van der Waals surface area contributed by atoms with Crippen LogP contribution in [0.2, 0.25) is 0 Å². The molecule has 2 aromatic rings. The Balaban J connectivity index is 2.46. The van der Waals surface area contributed by atoms with Gasteiger partial charge in [-0.2, -0.15) is 0 Å². The summed E-state index contributed by atoms with van der Waals surface area (Å²) in [5, 5.41) is 0. The molecule has 0 spiro atoms. The number of halogens is 2. The first-order valence-electron chi connectivity index (χ1n) is 6.00. The second-order valence-electron chi connectivity index (χ2n) is 4.65. The predicted octanol–water partition coefficient (Wildman–Crippen LogP) is 3.13. The number of rotatable bonds is 3. The molecule has 0 saturated carbocycles. The highest BCUT2D eigenvalue weighted by atomic mass is 19.1. The van der Waals surface area contributed by atoms with Crippen LogP contribution in [0.25, 0.3) is 0 Å². The highest BCUT2D eigenvalue weighted by molar-refractivity contribution is 5.37. The summed E-state index contributed by atoms with van der Waals surface area (Å²) in [4.78, 5) is 0. The third-order valence-electron chi connectivity index (χ3n) is 3.25. The van der Waals surface area contributed by atoms with E-state index >= 15 is 0 Å². The molecule has 19 heavy (non-hydrogen) atoms. The fourth-order valence-electron chi connectivity index (χ4n) is 2.07. The van der Waals surface area contributed by atoms with Gasteiger partial charge < -0.3 is 0 Å². The lowest BCUT2D eigenvalue weighted by Crippen LogP contribution is -2.29. The molecule has 0 saturated heterocycles. The lowest BCUT2D eigenvalue weighted by Gasteiger charge is -2.18. The highest BCUT2D eigenvalue weighted by Gasteiger charge is 2.15. The molecule has 1 unspecified atom stereocenters. The minimum atomic E-state index is -0.612. The van der Waals surface area contributed by atoms with E-state index in [2.05, 4.69) is 5.43 Å². The zero-order chi connectivity index (χ0) is 14.0. The first-order valence-corrected chi connectivity index (χ1v) is 6.00. The Hall–Kier alpha value is -1.78. The predicted molar refractivity (Wildman–Crippen MR) is 71.4 cm³/mol. The lowest BCUT2D eigenvalue weighted by molar-refractivity contribution is 0.566. The molecular formula is C15H16F2N2. The number of hydrogen-bond acceptors (Lipinski definition) is 2. The summed E-state index contributed by atoms with van der Waals surface area (Å²) in [5.74, 6) is 4.31. The second kappa shape index (κ2) is 5.47. The van der Waals surface area contributed by atoms with Crippen molar-refractivity contribution < 1.29 is 8.78 Å². The van der Waals surface area contributed by atoms with Gasteiger partial charge in [0.05, 0.1) is 6.04 Å². The molecule has 2 aromatic carbocycles. The first-order chi connectivity index (χ1) is 9.01. The van der Waals surface area contributed by atoms with Crippen LogP contribution >= 0.6 is 0 Å². The fourth-order valence-corrected chi connectivity index (χ4v) is 2.07. The van der Waals surface area contributed by atoms with Gasteiger partial charge in [-0.1, -0.05) is 18.2 Å². The molecule has 0 bridgehead atoms. The van der Waals surface area contributed by atoms with Crippen LogP contribution in [0.15, 0.2) is 36.4 Å². The molecule has 0 aliphatic heterocycles. The van der Waals surface area contributed by atoms with Gasteiger partial charge in [0.2, 0.25) is 0 Å². The maximum Gasteiger partial charge on any atom is 0.126 e. The maximum atomic E-state index is 13.3. The van der Waals surface area contributed by atoms with Gasteiger partial charge in [-0.15, -0.1) is 0 Å². The molecule has 0 radical (unpaired) electrons. The van der Waals surface area contributed by atoms with Crippen molar-refractivity contribution in [3.8, 4) is 0 Å². The highest BCUT2D eigenvalue weighted by Crippen LogP contribution is 2.24. The zero-order valence-corrected chi connectivity index (χ0v) is 10.9. The summed E-state index contributed by atoms with van der Waals surface area (Å²) < 4.78 is 26.6. The van der Waals surface area contributed by atoms with Gasteiger partial charge in [-0.3, -0.25) is 5.84 Å². The van der Waals surface area contributed by atoms with Crippen molar-refractivity contribution in [2.24, 2.45) is 5.84 Å². The molecule has 0 aliphatic carbocycles. The van der Waals surface area contributed by atoms with Crippen LogP contribution < -0.4 is 11.3 Å². The summed E-state index contributed by atoms with van der Waals surface area (Å²) in [6.07, 6.45) is 0. The van der Waals surface area contributed by atoms with E-state index in [4.69, 9.17) is 5.84 Å². The van der Waals surface area contributed by atoms with E-state index in [-0.39, 0.29) is 0 Å². The second-order valence-corrected chi connectivity index (χ2v) is 4.65. The van der Waals surface area contributed by atoms with E-state index < -0.39 is 17.7 Å². The minimum Gasteiger partial charge on any atom is -0.271 e. The molecule has 0 heterocycles. The van der Waals surface area contributed by atoms with Crippen LogP contribution in [0, 0.1) is 25.5 Å². The topological polar surface area (TPSA) is 38.0 Å². The Kier molecular flexibility index (Phi) is 3.93. The monoisotopic (exact) mass is 262 g/mol. The van der Waals surface area contributed by atoms with Crippen LogP contribution in [0.5, 0.6) is 0 Å². The van der Waals surface area contributed by atoms with Gasteiger partial charge in [0.15, 0.2) is 0 Å².